The Morgan fingerprint density at radius 2 is 2.07 bits per heavy atom. The van der Waals surface area contributed by atoms with E-state index in [0.29, 0.717) is 25.3 Å². The van der Waals surface area contributed by atoms with E-state index in [1.165, 1.54) is 6.07 Å². The minimum atomic E-state index is -0.612. The van der Waals surface area contributed by atoms with Crippen molar-refractivity contribution in [1.82, 2.24) is 14.9 Å². The number of ether oxygens (including phenoxy) is 2. The Morgan fingerprint density at radius 3 is 2.70 bits per heavy atom. The molecule has 1 saturated heterocycles. The van der Waals surface area contributed by atoms with Crippen molar-refractivity contribution in [3.63, 3.8) is 0 Å². The number of benzene rings is 1. The normalized spacial score (nSPS) is 17.7. The van der Waals surface area contributed by atoms with Crippen LogP contribution < -0.4 is 15.6 Å². The van der Waals surface area contributed by atoms with E-state index < -0.39 is 5.56 Å². The molecule has 2 heterocycles. The molecule has 2 aromatic rings. The molecule has 0 radical (unpaired) electrons. The summed E-state index contributed by atoms with van der Waals surface area (Å²) < 4.78 is 12.6. The number of rotatable bonds is 6. The number of aromatic nitrogens is 2. The molecule has 1 unspecified atom stereocenters. The Balaban J connectivity index is 1.61. The predicted molar refractivity (Wildman–Crippen MR) is 105 cm³/mol. The predicted octanol–water partition coefficient (Wildman–Crippen LogP) is 1.89. The van der Waals surface area contributed by atoms with Crippen molar-refractivity contribution in [2.75, 3.05) is 6.61 Å². The topological polar surface area (TPSA) is 82.5 Å². The van der Waals surface area contributed by atoms with Crippen molar-refractivity contribution in [3.05, 3.63) is 63.5 Å². The Hall–Kier alpha value is -2.74. The second-order valence-corrected chi connectivity index (χ2v) is 6.50. The van der Waals surface area contributed by atoms with Gasteiger partial charge in [-0.3, -0.25) is 14.2 Å². The van der Waals surface area contributed by atoms with E-state index in [0.717, 1.165) is 17.1 Å². The van der Waals surface area contributed by atoms with Crippen LogP contribution >= 0.6 is 12.6 Å². The van der Waals surface area contributed by atoms with E-state index >= 15 is 0 Å². The lowest BCUT2D eigenvalue weighted by molar-refractivity contribution is -0.116. The van der Waals surface area contributed by atoms with Gasteiger partial charge in [-0.15, -0.1) is 12.6 Å². The molecule has 0 saturated carbocycles. The second kappa shape index (κ2) is 8.30. The summed E-state index contributed by atoms with van der Waals surface area (Å²) >= 11 is 4.05. The molecule has 0 spiro atoms. The first-order chi connectivity index (χ1) is 13.0. The van der Waals surface area contributed by atoms with Gasteiger partial charge in [0, 0.05) is 18.2 Å². The molecule has 0 bridgehead atoms. The minimum absolute atomic E-state index is 0.0674. The van der Waals surface area contributed by atoms with Crippen molar-refractivity contribution in [2.45, 2.75) is 32.4 Å². The third-order valence-corrected chi connectivity index (χ3v) is 4.24. The van der Waals surface area contributed by atoms with Crippen LogP contribution in [0.3, 0.4) is 0 Å². The van der Waals surface area contributed by atoms with Gasteiger partial charge in [0.2, 0.25) is 5.56 Å². The van der Waals surface area contributed by atoms with Crippen LogP contribution in [-0.4, -0.2) is 27.6 Å². The molecule has 0 aliphatic carbocycles. The summed E-state index contributed by atoms with van der Waals surface area (Å²) in [5, 5.41) is 2.54. The number of hydrogen-bond donors (Lipinski definition) is 2. The highest BCUT2D eigenvalue weighted by Crippen LogP contribution is 2.19. The van der Waals surface area contributed by atoms with Gasteiger partial charge in [0.15, 0.2) is 5.76 Å². The van der Waals surface area contributed by atoms with Gasteiger partial charge >= 0.3 is 0 Å². The number of amides is 1. The number of carbonyl (C=O) groups is 1. The third kappa shape index (κ3) is 4.71. The molecular weight excluding hydrogens is 366 g/mol. The van der Waals surface area contributed by atoms with Gasteiger partial charge in [0.05, 0.1) is 6.54 Å². The molecule has 1 amide bonds. The number of nitrogens with zero attached hydrogens (tertiary/aromatic N) is 2. The van der Waals surface area contributed by atoms with Crippen LogP contribution in [0.2, 0.25) is 0 Å². The second-order valence-electron chi connectivity index (χ2n) is 6.03. The smallest absolute Gasteiger partial charge is 0.289 e. The molecule has 1 aromatic carbocycles. The zero-order valence-corrected chi connectivity index (χ0v) is 16.0. The lowest BCUT2D eigenvalue weighted by Crippen LogP contribution is -2.27. The minimum Gasteiger partial charge on any atom is -0.492 e. The quantitative estimate of drug-likeness (QED) is 0.584. The Labute approximate surface area is 162 Å². The Bertz CT molecular complexity index is 922. The highest BCUT2D eigenvalue weighted by molar-refractivity contribution is 7.80. The van der Waals surface area contributed by atoms with Crippen molar-refractivity contribution in [1.29, 1.82) is 0 Å². The fraction of sp³-hybridized carbons (Fsp3) is 0.316. The highest BCUT2D eigenvalue weighted by atomic mass is 32.1. The summed E-state index contributed by atoms with van der Waals surface area (Å²) in [5.41, 5.74) is 0.853. The van der Waals surface area contributed by atoms with Crippen molar-refractivity contribution >= 4 is 24.6 Å². The van der Waals surface area contributed by atoms with Crippen molar-refractivity contribution in [2.24, 2.45) is 0 Å². The van der Waals surface area contributed by atoms with Gasteiger partial charge in [-0.1, -0.05) is 19.1 Å². The van der Waals surface area contributed by atoms with E-state index in [2.05, 4.69) is 22.9 Å². The fourth-order valence-corrected chi connectivity index (χ4v) is 2.97. The van der Waals surface area contributed by atoms with E-state index in [-0.39, 0.29) is 17.2 Å². The maximum Gasteiger partial charge on any atom is 0.289 e. The number of nitrogens with one attached hydrogen (secondary N) is 1. The summed E-state index contributed by atoms with van der Waals surface area (Å²) in [6.45, 7) is 4.56. The molecule has 1 aromatic heterocycles. The number of aryl methyl sites for hydroxylation is 2. The molecule has 7 nitrogen and oxygen atoms in total. The fourth-order valence-electron chi connectivity index (χ4n) is 2.74. The van der Waals surface area contributed by atoms with Gasteiger partial charge < -0.3 is 14.8 Å². The van der Waals surface area contributed by atoms with Crippen LogP contribution in [0.1, 0.15) is 24.0 Å². The summed E-state index contributed by atoms with van der Waals surface area (Å²) in [6.07, 6.45) is 2.32. The summed E-state index contributed by atoms with van der Waals surface area (Å²) in [6, 6.07) is 8.77. The van der Waals surface area contributed by atoms with E-state index in [1.807, 2.05) is 26.0 Å². The summed E-state index contributed by atoms with van der Waals surface area (Å²) in [4.78, 5) is 28.2. The van der Waals surface area contributed by atoms with Crippen LogP contribution in [0.25, 0.3) is 6.08 Å². The monoisotopic (exact) mass is 387 g/mol. The van der Waals surface area contributed by atoms with Crippen LogP contribution in [-0.2, 0) is 22.5 Å². The first-order valence-corrected chi connectivity index (χ1v) is 9.15. The van der Waals surface area contributed by atoms with Gasteiger partial charge in [0.25, 0.3) is 11.5 Å². The van der Waals surface area contributed by atoms with Crippen LogP contribution in [0.4, 0.5) is 0 Å². The molecule has 8 heteroatoms. The first-order valence-electron chi connectivity index (χ1n) is 8.64. The zero-order valence-electron chi connectivity index (χ0n) is 15.1. The number of hydrogen-bond acceptors (Lipinski definition) is 6. The molecule has 1 aliphatic rings. The third-order valence-electron chi connectivity index (χ3n) is 4.01. The molecule has 27 heavy (non-hydrogen) atoms. The van der Waals surface area contributed by atoms with Crippen LogP contribution in [0.15, 0.2) is 40.9 Å². The van der Waals surface area contributed by atoms with Crippen LogP contribution in [0.5, 0.6) is 5.75 Å². The maximum absolute atomic E-state index is 12.1. The van der Waals surface area contributed by atoms with E-state index in [9.17, 15) is 9.59 Å². The Kier molecular flexibility index (Phi) is 5.85. The van der Waals surface area contributed by atoms with Crippen LogP contribution in [0, 0.1) is 6.92 Å². The highest BCUT2D eigenvalue weighted by Gasteiger charge is 2.24. The maximum atomic E-state index is 12.1. The first kappa shape index (κ1) is 19.0. The average Bonchev–Trinajstić information content (AvgIpc) is 2.95. The average molecular weight is 387 g/mol. The van der Waals surface area contributed by atoms with Crippen molar-refractivity contribution < 1.29 is 14.3 Å². The largest absolute Gasteiger partial charge is 0.492 e. The molecule has 1 N–H and O–H groups in total. The lowest BCUT2D eigenvalue weighted by Gasteiger charge is -2.12. The van der Waals surface area contributed by atoms with Gasteiger partial charge in [-0.05, 0) is 30.7 Å². The van der Waals surface area contributed by atoms with E-state index in [1.54, 1.807) is 22.8 Å². The molecular formula is C19H21N3O4S. The Morgan fingerprint density at radius 1 is 1.33 bits per heavy atom. The summed E-state index contributed by atoms with van der Waals surface area (Å²) in [5.74, 6) is 1.36. The molecule has 1 atom stereocenters. The zero-order chi connectivity index (χ0) is 19.4. The molecule has 1 fully saturated rings. The number of thiol groups is 1. The number of carbonyl (C=O) groups excluding carboxylic acids is 1. The summed E-state index contributed by atoms with van der Waals surface area (Å²) in [7, 11) is 0. The molecule has 1 aliphatic heterocycles. The SMILES string of the molecule is CCc1nc(C)cc(=O)n1CCOc1ccc(/C=C2\OC(S)NC2=O)cc1. The molecule has 3 rings (SSSR count). The van der Waals surface area contributed by atoms with E-state index in [4.69, 9.17) is 9.47 Å². The molecule has 142 valence electrons. The standard InChI is InChI=1S/C19H21N3O4S/c1-3-16-20-12(2)10-17(23)22(16)8-9-25-14-6-4-13(5-7-14)11-15-18(24)21-19(27)26-15/h4-7,10-11,19,27H,3,8-9H2,1-2H3,(H,21,24)/b15-11-. The van der Waals surface area contributed by atoms with Crippen molar-refractivity contribution in [3.8, 4) is 5.75 Å². The van der Waals surface area contributed by atoms with Gasteiger partial charge in [-0.25, -0.2) is 4.98 Å². The van der Waals surface area contributed by atoms with Gasteiger partial charge in [0.1, 0.15) is 18.2 Å². The van der Waals surface area contributed by atoms with Gasteiger partial charge in [-0.2, -0.15) is 0 Å². The lowest BCUT2D eigenvalue weighted by atomic mass is 10.2.